The van der Waals surface area contributed by atoms with Gasteiger partial charge in [0.2, 0.25) is 0 Å². The van der Waals surface area contributed by atoms with Gasteiger partial charge in [-0.05, 0) is 55.1 Å². The highest BCUT2D eigenvalue weighted by molar-refractivity contribution is 6.00. The molecular formula is C24H27F3N2O2. The number of hydrogen-bond acceptors (Lipinski definition) is 3. The number of carbonyl (C=O) groups excluding carboxylic acids is 1. The molecule has 2 aliphatic rings. The molecule has 0 bridgehead atoms. The van der Waals surface area contributed by atoms with Crippen LogP contribution in [0.15, 0.2) is 48.5 Å². The second kappa shape index (κ2) is 9.40. The van der Waals surface area contributed by atoms with E-state index in [2.05, 4.69) is 4.90 Å². The van der Waals surface area contributed by atoms with Gasteiger partial charge in [0.05, 0.1) is 11.7 Å². The molecule has 0 saturated carbocycles. The Kier molecular flexibility index (Phi) is 6.62. The highest BCUT2D eigenvalue weighted by Gasteiger charge is 2.30. The van der Waals surface area contributed by atoms with Gasteiger partial charge in [0.25, 0.3) is 5.91 Å². The first-order valence-corrected chi connectivity index (χ1v) is 10.8. The predicted molar refractivity (Wildman–Crippen MR) is 113 cm³/mol. The SMILES string of the molecule is O=C(c1ccccc1-c1ccc(C(F)(F)F)cc1)N1CCCN(CC2CCCO2)CC1. The molecule has 31 heavy (non-hydrogen) atoms. The maximum atomic E-state index is 13.3. The largest absolute Gasteiger partial charge is 0.416 e. The summed E-state index contributed by atoms with van der Waals surface area (Å²) in [6, 6.07) is 12.1. The average Bonchev–Trinajstić information content (AvgIpc) is 3.17. The minimum Gasteiger partial charge on any atom is -0.377 e. The Morgan fingerprint density at radius 1 is 0.968 bits per heavy atom. The number of amides is 1. The van der Waals surface area contributed by atoms with Crippen LogP contribution in [0.25, 0.3) is 11.1 Å². The van der Waals surface area contributed by atoms with Crippen molar-refractivity contribution in [1.82, 2.24) is 9.80 Å². The molecule has 166 valence electrons. The van der Waals surface area contributed by atoms with Crippen molar-refractivity contribution < 1.29 is 22.7 Å². The predicted octanol–water partition coefficient (Wildman–Crippen LogP) is 4.70. The molecule has 1 amide bonds. The number of carbonyl (C=O) groups is 1. The summed E-state index contributed by atoms with van der Waals surface area (Å²) in [5.74, 6) is -0.0746. The average molecular weight is 432 g/mol. The standard InChI is InChI=1S/C24H27F3N2O2/c25-24(26,27)19-10-8-18(9-11-19)21-6-1-2-7-22(21)23(30)29-13-4-12-28(14-15-29)17-20-5-3-16-31-20/h1-2,6-11,20H,3-5,12-17H2. The number of nitrogens with zero attached hydrogens (tertiary/aromatic N) is 2. The minimum atomic E-state index is -4.38. The number of rotatable bonds is 4. The van der Waals surface area contributed by atoms with Crippen LogP contribution in [0.1, 0.15) is 35.2 Å². The van der Waals surface area contributed by atoms with E-state index in [1.54, 1.807) is 24.3 Å². The first kappa shape index (κ1) is 21.8. The van der Waals surface area contributed by atoms with Crippen LogP contribution in [0.2, 0.25) is 0 Å². The third-order valence-electron chi connectivity index (χ3n) is 6.04. The zero-order valence-electron chi connectivity index (χ0n) is 17.4. The Labute approximate surface area is 180 Å². The summed E-state index contributed by atoms with van der Waals surface area (Å²) in [5.41, 5.74) is 1.09. The van der Waals surface area contributed by atoms with Gasteiger partial charge in [-0.1, -0.05) is 30.3 Å². The molecule has 0 spiro atoms. The molecule has 2 aromatic rings. The molecule has 0 radical (unpaired) electrons. The molecule has 2 heterocycles. The molecule has 2 aromatic carbocycles. The molecule has 0 aromatic heterocycles. The van der Waals surface area contributed by atoms with E-state index in [1.165, 1.54) is 12.1 Å². The van der Waals surface area contributed by atoms with Gasteiger partial charge in [-0.2, -0.15) is 13.2 Å². The van der Waals surface area contributed by atoms with Crippen molar-refractivity contribution in [2.24, 2.45) is 0 Å². The van der Waals surface area contributed by atoms with E-state index in [-0.39, 0.29) is 5.91 Å². The van der Waals surface area contributed by atoms with Gasteiger partial charge in [-0.15, -0.1) is 0 Å². The number of alkyl halides is 3. The van der Waals surface area contributed by atoms with Crippen molar-refractivity contribution in [2.45, 2.75) is 31.5 Å². The van der Waals surface area contributed by atoms with E-state index in [0.717, 1.165) is 57.6 Å². The van der Waals surface area contributed by atoms with Gasteiger partial charge in [0, 0.05) is 38.3 Å². The molecule has 2 saturated heterocycles. The van der Waals surface area contributed by atoms with Gasteiger partial charge in [0.15, 0.2) is 0 Å². The summed E-state index contributed by atoms with van der Waals surface area (Å²) in [5, 5.41) is 0. The third-order valence-corrected chi connectivity index (χ3v) is 6.04. The maximum Gasteiger partial charge on any atom is 0.416 e. The van der Waals surface area contributed by atoms with Crippen molar-refractivity contribution in [3.8, 4) is 11.1 Å². The van der Waals surface area contributed by atoms with Crippen molar-refractivity contribution in [2.75, 3.05) is 39.3 Å². The molecule has 2 aliphatic heterocycles. The van der Waals surface area contributed by atoms with Crippen molar-refractivity contribution in [3.05, 3.63) is 59.7 Å². The first-order chi connectivity index (χ1) is 14.9. The fourth-order valence-corrected chi connectivity index (χ4v) is 4.36. The second-order valence-electron chi connectivity index (χ2n) is 8.20. The van der Waals surface area contributed by atoms with E-state index in [4.69, 9.17) is 4.74 Å². The minimum absolute atomic E-state index is 0.0746. The topological polar surface area (TPSA) is 32.8 Å². The molecule has 4 rings (SSSR count). The Hall–Kier alpha value is -2.38. The Morgan fingerprint density at radius 3 is 2.45 bits per heavy atom. The second-order valence-corrected chi connectivity index (χ2v) is 8.20. The molecule has 1 unspecified atom stereocenters. The van der Waals surface area contributed by atoms with E-state index in [1.807, 2.05) is 4.90 Å². The van der Waals surface area contributed by atoms with E-state index < -0.39 is 11.7 Å². The lowest BCUT2D eigenvalue weighted by atomic mass is 9.97. The molecule has 0 aliphatic carbocycles. The van der Waals surface area contributed by atoms with Crippen LogP contribution in [0.3, 0.4) is 0 Å². The summed E-state index contributed by atoms with van der Waals surface area (Å²) in [6.07, 6.45) is -0.984. The highest BCUT2D eigenvalue weighted by atomic mass is 19.4. The van der Waals surface area contributed by atoms with Crippen LogP contribution in [-0.4, -0.2) is 61.1 Å². The van der Waals surface area contributed by atoms with Crippen LogP contribution in [-0.2, 0) is 10.9 Å². The fourth-order valence-electron chi connectivity index (χ4n) is 4.36. The normalized spacial score (nSPS) is 20.6. The molecule has 4 nitrogen and oxygen atoms in total. The van der Waals surface area contributed by atoms with Gasteiger partial charge < -0.3 is 9.64 Å². The summed E-state index contributed by atoms with van der Waals surface area (Å²) >= 11 is 0. The molecule has 1 atom stereocenters. The number of halogens is 3. The van der Waals surface area contributed by atoms with Crippen molar-refractivity contribution >= 4 is 5.91 Å². The fraction of sp³-hybridized carbons (Fsp3) is 0.458. The molecular weight excluding hydrogens is 405 g/mol. The molecule has 0 N–H and O–H groups in total. The van der Waals surface area contributed by atoms with Gasteiger partial charge >= 0.3 is 6.18 Å². The summed E-state index contributed by atoms with van der Waals surface area (Å²) < 4.78 is 44.4. The van der Waals surface area contributed by atoms with Crippen molar-refractivity contribution in [1.29, 1.82) is 0 Å². The maximum absolute atomic E-state index is 13.3. The molecule has 7 heteroatoms. The van der Waals surface area contributed by atoms with Crippen LogP contribution in [0, 0.1) is 0 Å². The zero-order chi connectivity index (χ0) is 21.8. The van der Waals surface area contributed by atoms with Gasteiger partial charge in [-0.25, -0.2) is 0 Å². The smallest absolute Gasteiger partial charge is 0.377 e. The quantitative estimate of drug-likeness (QED) is 0.702. The molecule has 2 fully saturated rings. The lowest BCUT2D eigenvalue weighted by molar-refractivity contribution is -0.137. The van der Waals surface area contributed by atoms with Gasteiger partial charge in [-0.3, -0.25) is 9.69 Å². The lowest BCUT2D eigenvalue weighted by Crippen LogP contribution is -2.37. The van der Waals surface area contributed by atoms with Crippen molar-refractivity contribution in [3.63, 3.8) is 0 Å². The van der Waals surface area contributed by atoms with Crippen LogP contribution in [0.4, 0.5) is 13.2 Å². The Balaban J connectivity index is 1.47. The number of benzene rings is 2. The summed E-state index contributed by atoms with van der Waals surface area (Å²) in [6.45, 7) is 4.78. The number of ether oxygens (including phenoxy) is 1. The number of hydrogen-bond donors (Lipinski definition) is 0. The van der Waals surface area contributed by atoms with Crippen LogP contribution < -0.4 is 0 Å². The lowest BCUT2D eigenvalue weighted by Gasteiger charge is -2.24. The van der Waals surface area contributed by atoms with Crippen LogP contribution >= 0.6 is 0 Å². The third kappa shape index (κ3) is 5.28. The highest BCUT2D eigenvalue weighted by Crippen LogP contribution is 2.32. The summed E-state index contributed by atoms with van der Waals surface area (Å²) in [4.78, 5) is 17.6. The monoisotopic (exact) mass is 432 g/mol. The van der Waals surface area contributed by atoms with Gasteiger partial charge in [0.1, 0.15) is 0 Å². The van der Waals surface area contributed by atoms with E-state index >= 15 is 0 Å². The Bertz CT molecular complexity index is 892. The first-order valence-electron chi connectivity index (χ1n) is 10.8. The van der Waals surface area contributed by atoms with Crippen LogP contribution in [0.5, 0.6) is 0 Å². The van der Waals surface area contributed by atoms with E-state index in [9.17, 15) is 18.0 Å². The summed E-state index contributed by atoms with van der Waals surface area (Å²) in [7, 11) is 0. The Morgan fingerprint density at radius 2 is 1.74 bits per heavy atom. The zero-order valence-corrected chi connectivity index (χ0v) is 17.4. The van der Waals surface area contributed by atoms with E-state index in [0.29, 0.717) is 35.9 Å².